The zero-order valence-corrected chi connectivity index (χ0v) is 8.81. The Kier molecular flexibility index (Phi) is 2.72. The molecule has 0 saturated carbocycles. The van der Waals surface area contributed by atoms with Crippen LogP contribution in [0.4, 0.5) is 16.3 Å². The third-order valence-corrected chi connectivity index (χ3v) is 2.17. The summed E-state index contributed by atoms with van der Waals surface area (Å²) in [5, 5.41) is 6.48. The average Bonchev–Trinajstić information content (AvgIpc) is 2.68. The van der Waals surface area contributed by atoms with Gasteiger partial charge in [0.25, 0.3) is 0 Å². The van der Waals surface area contributed by atoms with Crippen LogP contribution >= 0.6 is 0 Å². The number of nitrogens with two attached hydrogens (primary N) is 1. The fourth-order valence-corrected chi connectivity index (χ4v) is 1.37. The molecule has 5 nitrogen and oxygen atoms in total. The number of benzene rings is 1. The Hall–Kier alpha value is -2.11. The second kappa shape index (κ2) is 4.18. The summed E-state index contributed by atoms with van der Waals surface area (Å²) in [5.74, 6) is 0.552. The van der Waals surface area contributed by atoms with Crippen molar-refractivity contribution in [1.29, 1.82) is 0 Å². The largest absolute Gasteiger partial charge is 0.368 e. The third-order valence-electron chi connectivity index (χ3n) is 2.17. The summed E-state index contributed by atoms with van der Waals surface area (Å²) in [7, 11) is 1.84. The van der Waals surface area contributed by atoms with E-state index in [9.17, 15) is 4.39 Å². The third kappa shape index (κ3) is 2.28. The van der Waals surface area contributed by atoms with Crippen LogP contribution in [0, 0.1) is 5.82 Å². The topological polar surface area (TPSA) is 70.8 Å². The molecule has 2 rings (SSSR count). The number of nitrogens with one attached hydrogen (secondary N) is 1. The second-order valence-electron chi connectivity index (χ2n) is 3.50. The lowest BCUT2D eigenvalue weighted by Crippen LogP contribution is -2.17. The first-order chi connectivity index (χ1) is 7.65. The summed E-state index contributed by atoms with van der Waals surface area (Å²) in [6, 6.07) is 6.30. The molecule has 3 N–H and O–H groups in total. The van der Waals surface area contributed by atoms with Crippen LogP contribution in [0.25, 0.3) is 0 Å². The monoisotopic (exact) mass is 221 g/mol. The lowest BCUT2D eigenvalue weighted by molar-refractivity contribution is 0.627. The Bertz CT molecular complexity index is 464. The Morgan fingerprint density at radius 2 is 2.06 bits per heavy atom. The van der Waals surface area contributed by atoms with Crippen molar-refractivity contribution in [3.8, 4) is 0 Å². The quantitative estimate of drug-likeness (QED) is 0.816. The van der Waals surface area contributed by atoms with Gasteiger partial charge in [-0.05, 0) is 17.7 Å². The van der Waals surface area contributed by atoms with Crippen LogP contribution in [0.15, 0.2) is 24.3 Å². The van der Waals surface area contributed by atoms with E-state index in [-0.39, 0.29) is 11.8 Å². The highest BCUT2D eigenvalue weighted by Gasteiger charge is 2.07. The number of aromatic nitrogens is 3. The summed E-state index contributed by atoms with van der Waals surface area (Å²) >= 11 is 0. The van der Waals surface area contributed by atoms with Crippen LogP contribution in [0.3, 0.4) is 0 Å². The van der Waals surface area contributed by atoms with Gasteiger partial charge in [0, 0.05) is 13.6 Å². The van der Waals surface area contributed by atoms with Gasteiger partial charge in [-0.25, -0.2) is 9.49 Å². The molecule has 2 aromatic rings. The molecule has 0 unspecified atom stereocenters. The molecule has 0 spiro atoms. The van der Waals surface area contributed by atoms with Gasteiger partial charge in [0.2, 0.25) is 11.9 Å². The number of halogens is 1. The van der Waals surface area contributed by atoms with Gasteiger partial charge in [0.1, 0.15) is 5.82 Å². The molecule has 0 aliphatic carbocycles. The Morgan fingerprint density at radius 1 is 1.38 bits per heavy atom. The molecule has 1 aromatic carbocycles. The minimum atomic E-state index is -0.242. The fourth-order valence-electron chi connectivity index (χ4n) is 1.37. The van der Waals surface area contributed by atoms with E-state index >= 15 is 0 Å². The predicted octanol–water partition coefficient (Wildman–Crippen LogP) is 1.16. The molecule has 0 aliphatic heterocycles. The van der Waals surface area contributed by atoms with Gasteiger partial charge < -0.3 is 10.6 Å². The number of H-pyrrole nitrogens is 1. The summed E-state index contributed by atoms with van der Waals surface area (Å²) in [6.07, 6.45) is 0. The van der Waals surface area contributed by atoms with Gasteiger partial charge >= 0.3 is 0 Å². The number of hydrogen-bond donors (Lipinski definition) is 2. The van der Waals surface area contributed by atoms with Gasteiger partial charge in [-0.1, -0.05) is 12.1 Å². The molecule has 1 heterocycles. The SMILES string of the molecule is CN(Cc1ccc(F)cc1)c1n[nH]c(N)n1. The molecule has 6 heteroatoms. The van der Waals surface area contributed by atoms with E-state index in [0.29, 0.717) is 12.5 Å². The predicted molar refractivity (Wildman–Crippen MR) is 59.3 cm³/mol. The number of hydrogen-bond acceptors (Lipinski definition) is 4. The maximum Gasteiger partial charge on any atom is 0.246 e. The van der Waals surface area contributed by atoms with Crippen LogP contribution in [-0.4, -0.2) is 22.2 Å². The molecule has 0 radical (unpaired) electrons. The highest BCUT2D eigenvalue weighted by Crippen LogP contribution is 2.11. The van der Waals surface area contributed by atoms with E-state index in [1.807, 2.05) is 11.9 Å². The molecule has 0 aliphatic rings. The van der Waals surface area contributed by atoms with Crippen LogP contribution in [0.1, 0.15) is 5.56 Å². The Labute approximate surface area is 92.1 Å². The first-order valence-electron chi connectivity index (χ1n) is 4.78. The summed E-state index contributed by atoms with van der Waals surface area (Å²) < 4.78 is 12.7. The summed E-state index contributed by atoms with van der Waals surface area (Å²) in [6.45, 7) is 0.595. The van der Waals surface area contributed by atoms with Crippen LogP contribution < -0.4 is 10.6 Å². The summed E-state index contributed by atoms with van der Waals surface area (Å²) in [5.41, 5.74) is 6.40. The van der Waals surface area contributed by atoms with Gasteiger partial charge in [-0.3, -0.25) is 0 Å². The van der Waals surface area contributed by atoms with Crippen molar-refractivity contribution >= 4 is 11.9 Å². The molecule has 84 valence electrons. The van der Waals surface area contributed by atoms with Gasteiger partial charge in [-0.15, -0.1) is 5.10 Å². The number of rotatable bonds is 3. The first-order valence-corrected chi connectivity index (χ1v) is 4.78. The highest BCUT2D eigenvalue weighted by atomic mass is 19.1. The van der Waals surface area contributed by atoms with Crippen molar-refractivity contribution in [2.24, 2.45) is 0 Å². The van der Waals surface area contributed by atoms with Crippen LogP contribution in [-0.2, 0) is 6.54 Å². The Morgan fingerprint density at radius 3 is 2.62 bits per heavy atom. The number of aromatic amines is 1. The van der Waals surface area contributed by atoms with Crippen molar-refractivity contribution in [2.75, 3.05) is 17.7 Å². The summed E-state index contributed by atoms with van der Waals surface area (Å²) in [4.78, 5) is 5.81. The highest BCUT2D eigenvalue weighted by molar-refractivity contribution is 5.34. The smallest absolute Gasteiger partial charge is 0.246 e. The van der Waals surface area contributed by atoms with Gasteiger partial charge in [-0.2, -0.15) is 4.98 Å². The lowest BCUT2D eigenvalue weighted by atomic mass is 10.2. The van der Waals surface area contributed by atoms with Gasteiger partial charge in [0.05, 0.1) is 0 Å². The van der Waals surface area contributed by atoms with Crippen molar-refractivity contribution in [3.63, 3.8) is 0 Å². The van der Waals surface area contributed by atoms with E-state index < -0.39 is 0 Å². The fraction of sp³-hybridized carbons (Fsp3) is 0.200. The van der Waals surface area contributed by atoms with E-state index in [1.165, 1.54) is 12.1 Å². The van der Waals surface area contributed by atoms with E-state index in [4.69, 9.17) is 5.73 Å². The molecule has 0 amide bonds. The zero-order chi connectivity index (χ0) is 11.5. The zero-order valence-electron chi connectivity index (χ0n) is 8.81. The second-order valence-corrected chi connectivity index (χ2v) is 3.50. The van der Waals surface area contributed by atoms with Crippen LogP contribution in [0.5, 0.6) is 0 Å². The van der Waals surface area contributed by atoms with Crippen molar-refractivity contribution in [2.45, 2.75) is 6.54 Å². The molecule has 0 bridgehead atoms. The van der Waals surface area contributed by atoms with E-state index in [1.54, 1.807) is 12.1 Å². The van der Waals surface area contributed by atoms with E-state index in [0.717, 1.165) is 5.56 Å². The molecule has 0 fully saturated rings. The maximum absolute atomic E-state index is 12.7. The van der Waals surface area contributed by atoms with E-state index in [2.05, 4.69) is 15.2 Å². The number of nitrogens with zero attached hydrogens (tertiary/aromatic N) is 3. The standard InChI is InChI=1S/C10H12FN5/c1-16(10-13-9(12)14-15-10)6-7-2-4-8(11)5-3-7/h2-5H,6H2,1H3,(H3,12,13,14,15). The van der Waals surface area contributed by atoms with Crippen molar-refractivity contribution < 1.29 is 4.39 Å². The first kappa shape index (κ1) is 10.4. The normalized spacial score (nSPS) is 10.4. The Balaban J connectivity index is 2.07. The minimum absolute atomic E-state index is 0.242. The minimum Gasteiger partial charge on any atom is -0.368 e. The van der Waals surface area contributed by atoms with Crippen LogP contribution in [0.2, 0.25) is 0 Å². The molecule has 1 aromatic heterocycles. The number of nitrogen functional groups attached to an aromatic ring is 1. The van der Waals surface area contributed by atoms with Crippen molar-refractivity contribution in [1.82, 2.24) is 15.2 Å². The molecular formula is C10H12FN5. The van der Waals surface area contributed by atoms with Crippen molar-refractivity contribution in [3.05, 3.63) is 35.6 Å². The van der Waals surface area contributed by atoms with Gasteiger partial charge in [0.15, 0.2) is 0 Å². The maximum atomic E-state index is 12.7. The molecular weight excluding hydrogens is 209 g/mol. The molecule has 16 heavy (non-hydrogen) atoms. The molecule has 0 atom stereocenters. The number of anilines is 2. The average molecular weight is 221 g/mol. The molecule has 0 saturated heterocycles. The lowest BCUT2D eigenvalue weighted by Gasteiger charge is -2.14.